The van der Waals surface area contributed by atoms with Crippen molar-refractivity contribution in [2.75, 3.05) is 0 Å². The maximum absolute atomic E-state index is 2.57. The lowest BCUT2D eigenvalue weighted by Crippen LogP contribution is -2.20. The van der Waals surface area contributed by atoms with Crippen molar-refractivity contribution in [3.63, 3.8) is 0 Å². The Morgan fingerprint density at radius 1 is 1.27 bits per heavy atom. The first-order valence-corrected chi connectivity index (χ1v) is 6.87. The molecule has 0 spiro atoms. The molecule has 2 fully saturated rings. The molecule has 2 rings (SSSR count). The van der Waals surface area contributed by atoms with Crippen LogP contribution in [0.2, 0.25) is 0 Å². The van der Waals surface area contributed by atoms with Crippen molar-refractivity contribution in [2.45, 2.75) is 66.7 Å². The summed E-state index contributed by atoms with van der Waals surface area (Å²) in [4.78, 5) is 0. The van der Waals surface area contributed by atoms with E-state index in [1.807, 2.05) is 0 Å². The first kappa shape index (κ1) is 11.5. The van der Waals surface area contributed by atoms with Crippen LogP contribution in [0.25, 0.3) is 0 Å². The normalized spacial score (nSPS) is 44.2. The molecule has 0 N–H and O–H groups in total. The van der Waals surface area contributed by atoms with Crippen LogP contribution in [0.3, 0.4) is 0 Å². The number of rotatable bonds is 3. The summed E-state index contributed by atoms with van der Waals surface area (Å²) in [6.07, 6.45) is 7.34. The van der Waals surface area contributed by atoms with Crippen LogP contribution in [0.1, 0.15) is 66.7 Å². The SMILES string of the molecule is CCC1C2CCC(C)(CCC(C)(C)C)C12. The zero-order chi connectivity index (χ0) is 11.3. The van der Waals surface area contributed by atoms with Crippen LogP contribution < -0.4 is 0 Å². The minimum Gasteiger partial charge on any atom is -0.0651 e. The molecule has 2 saturated carbocycles. The molecule has 0 heterocycles. The van der Waals surface area contributed by atoms with Crippen LogP contribution in [0, 0.1) is 28.6 Å². The Balaban J connectivity index is 1.91. The quantitative estimate of drug-likeness (QED) is 0.620. The molecular weight excluding hydrogens is 180 g/mol. The van der Waals surface area contributed by atoms with Gasteiger partial charge in [-0.1, -0.05) is 41.0 Å². The van der Waals surface area contributed by atoms with E-state index >= 15 is 0 Å². The fraction of sp³-hybridized carbons (Fsp3) is 1.00. The fourth-order valence-electron chi connectivity index (χ4n) is 4.04. The molecule has 4 atom stereocenters. The first-order valence-electron chi connectivity index (χ1n) is 6.87. The second-order valence-electron chi connectivity index (χ2n) is 7.52. The predicted octanol–water partition coefficient (Wildman–Crippen LogP) is 4.89. The second-order valence-corrected chi connectivity index (χ2v) is 7.52. The van der Waals surface area contributed by atoms with Crippen LogP contribution in [0.15, 0.2) is 0 Å². The molecular formula is C15H28. The van der Waals surface area contributed by atoms with Gasteiger partial charge in [0.05, 0.1) is 0 Å². The second kappa shape index (κ2) is 3.50. The molecule has 0 aromatic rings. The van der Waals surface area contributed by atoms with Gasteiger partial charge < -0.3 is 0 Å². The third-order valence-corrected chi connectivity index (χ3v) is 5.10. The Morgan fingerprint density at radius 2 is 1.93 bits per heavy atom. The molecule has 0 aliphatic heterocycles. The molecule has 0 amide bonds. The monoisotopic (exact) mass is 208 g/mol. The summed E-state index contributed by atoms with van der Waals surface area (Å²) >= 11 is 0. The van der Waals surface area contributed by atoms with E-state index in [2.05, 4.69) is 34.6 Å². The van der Waals surface area contributed by atoms with Crippen LogP contribution in [0.5, 0.6) is 0 Å². The average Bonchev–Trinajstić information content (AvgIpc) is 2.76. The molecule has 2 aliphatic rings. The van der Waals surface area contributed by atoms with Gasteiger partial charge in [-0.2, -0.15) is 0 Å². The van der Waals surface area contributed by atoms with Crippen molar-refractivity contribution in [3.05, 3.63) is 0 Å². The molecule has 0 saturated heterocycles. The lowest BCUT2D eigenvalue weighted by Gasteiger charge is -2.31. The Kier molecular flexibility index (Phi) is 2.68. The van der Waals surface area contributed by atoms with E-state index in [0.717, 1.165) is 17.8 Å². The van der Waals surface area contributed by atoms with Crippen molar-refractivity contribution in [1.29, 1.82) is 0 Å². The molecule has 0 nitrogen and oxygen atoms in total. The highest BCUT2D eigenvalue weighted by molar-refractivity contribution is 5.10. The van der Waals surface area contributed by atoms with Crippen molar-refractivity contribution < 1.29 is 0 Å². The highest BCUT2D eigenvalue weighted by Crippen LogP contribution is 2.68. The lowest BCUT2D eigenvalue weighted by molar-refractivity contribution is 0.196. The topological polar surface area (TPSA) is 0 Å². The number of hydrogen-bond acceptors (Lipinski definition) is 0. The maximum Gasteiger partial charge on any atom is -0.0292 e. The zero-order valence-corrected chi connectivity index (χ0v) is 11.3. The van der Waals surface area contributed by atoms with Gasteiger partial charge in [0.1, 0.15) is 0 Å². The molecule has 4 unspecified atom stereocenters. The summed E-state index contributed by atoms with van der Waals surface area (Å²) in [6, 6.07) is 0. The summed E-state index contributed by atoms with van der Waals surface area (Å²) in [5.74, 6) is 3.33. The van der Waals surface area contributed by atoms with E-state index in [0.29, 0.717) is 10.8 Å². The molecule has 2 aliphatic carbocycles. The highest BCUT2D eigenvalue weighted by atomic mass is 14.7. The summed E-state index contributed by atoms with van der Waals surface area (Å²) in [5, 5.41) is 0. The van der Waals surface area contributed by atoms with E-state index < -0.39 is 0 Å². The molecule has 0 aromatic heterocycles. The summed E-state index contributed by atoms with van der Waals surface area (Å²) in [6.45, 7) is 12.1. The van der Waals surface area contributed by atoms with Gasteiger partial charge in [-0.25, -0.2) is 0 Å². The Labute approximate surface area is 95.8 Å². The van der Waals surface area contributed by atoms with E-state index in [1.165, 1.54) is 32.1 Å². The fourth-order valence-corrected chi connectivity index (χ4v) is 4.04. The van der Waals surface area contributed by atoms with Gasteiger partial charge >= 0.3 is 0 Å². The van der Waals surface area contributed by atoms with Gasteiger partial charge in [-0.15, -0.1) is 0 Å². The van der Waals surface area contributed by atoms with Crippen LogP contribution in [0.4, 0.5) is 0 Å². The molecule has 0 aromatic carbocycles. The summed E-state index contributed by atoms with van der Waals surface area (Å²) in [7, 11) is 0. The Bertz CT molecular complexity index is 231. The van der Waals surface area contributed by atoms with Gasteiger partial charge in [-0.05, 0) is 54.3 Å². The van der Waals surface area contributed by atoms with Gasteiger partial charge in [0, 0.05) is 0 Å². The lowest BCUT2D eigenvalue weighted by atomic mass is 9.74. The van der Waals surface area contributed by atoms with Crippen molar-refractivity contribution in [1.82, 2.24) is 0 Å². The minimum absolute atomic E-state index is 0.525. The van der Waals surface area contributed by atoms with Gasteiger partial charge in [0.15, 0.2) is 0 Å². The minimum atomic E-state index is 0.525. The Morgan fingerprint density at radius 3 is 2.40 bits per heavy atom. The number of hydrogen-bond donors (Lipinski definition) is 0. The smallest absolute Gasteiger partial charge is 0.0292 e. The van der Waals surface area contributed by atoms with E-state index in [1.54, 1.807) is 0 Å². The molecule has 0 bridgehead atoms. The third kappa shape index (κ3) is 2.10. The summed E-state index contributed by atoms with van der Waals surface area (Å²) in [5.41, 5.74) is 1.23. The largest absolute Gasteiger partial charge is 0.0651 e. The van der Waals surface area contributed by atoms with Crippen LogP contribution in [-0.2, 0) is 0 Å². The summed E-state index contributed by atoms with van der Waals surface area (Å²) < 4.78 is 0. The average molecular weight is 208 g/mol. The highest BCUT2D eigenvalue weighted by Gasteiger charge is 2.61. The van der Waals surface area contributed by atoms with E-state index in [4.69, 9.17) is 0 Å². The van der Waals surface area contributed by atoms with Crippen molar-refractivity contribution in [2.24, 2.45) is 28.6 Å². The maximum atomic E-state index is 2.57. The van der Waals surface area contributed by atoms with Crippen molar-refractivity contribution >= 4 is 0 Å². The third-order valence-electron chi connectivity index (χ3n) is 5.10. The molecule has 88 valence electrons. The molecule has 0 radical (unpaired) electrons. The standard InChI is InChI=1S/C15H28/c1-6-11-12-7-8-15(5,13(11)12)10-9-14(2,3)4/h11-13H,6-10H2,1-5H3. The first-order chi connectivity index (χ1) is 6.87. The van der Waals surface area contributed by atoms with E-state index in [9.17, 15) is 0 Å². The van der Waals surface area contributed by atoms with Gasteiger partial charge in [0.2, 0.25) is 0 Å². The molecule has 0 heteroatoms. The van der Waals surface area contributed by atoms with Crippen LogP contribution >= 0.6 is 0 Å². The van der Waals surface area contributed by atoms with Gasteiger partial charge in [-0.3, -0.25) is 0 Å². The predicted molar refractivity (Wildman–Crippen MR) is 66.8 cm³/mol. The van der Waals surface area contributed by atoms with Crippen LogP contribution in [-0.4, -0.2) is 0 Å². The Hall–Kier alpha value is 0. The van der Waals surface area contributed by atoms with Crippen molar-refractivity contribution in [3.8, 4) is 0 Å². The zero-order valence-electron chi connectivity index (χ0n) is 11.3. The molecule has 15 heavy (non-hydrogen) atoms. The van der Waals surface area contributed by atoms with E-state index in [-0.39, 0.29) is 0 Å². The number of fused-ring (bicyclic) bond motifs is 1. The van der Waals surface area contributed by atoms with Gasteiger partial charge in [0.25, 0.3) is 0 Å².